The van der Waals surface area contributed by atoms with Crippen LogP contribution in [0.2, 0.25) is 0 Å². The van der Waals surface area contributed by atoms with Gasteiger partial charge in [0.15, 0.2) is 5.96 Å². The first kappa shape index (κ1) is 15.1. The molecule has 2 rings (SSSR count). The maximum absolute atomic E-state index is 13.5. The van der Waals surface area contributed by atoms with Crippen LogP contribution in [0.3, 0.4) is 0 Å². The van der Waals surface area contributed by atoms with Gasteiger partial charge < -0.3 is 15.2 Å². The van der Waals surface area contributed by atoms with E-state index >= 15 is 0 Å². The quantitative estimate of drug-likeness (QED) is 0.653. The van der Waals surface area contributed by atoms with Crippen LogP contribution < -0.4 is 10.6 Å². The van der Waals surface area contributed by atoms with E-state index in [0.717, 1.165) is 5.96 Å². The number of hydrogen-bond acceptors (Lipinski definition) is 1. The number of halogens is 1. The first-order valence-electron chi connectivity index (χ1n) is 6.98. The second-order valence-corrected chi connectivity index (χ2v) is 4.88. The molecule has 0 fully saturated rings. The monoisotopic (exact) mass is 288 g/mol. The van der Waals surface area contributed by atoms with Crippen molar-refractivity contribution in [2.24, 2.45) is 12.0 Å². The summed E-state index contributed by atoms with van der Waals surface area (Å²) in [6.07, 6.45) is 4.68. The minimum absolute atomic E-state index is 0.161. The van der Waals surface area contributed by atoms with E-state index in [1.54, 1.807) is 19.2 Å². The molecule has 2 aromatic rings. The van der Waals surface area contributed by atoms with Gasteiger partial charge in [-0.3, -0.25) is 4.99 Å². The zero-order chi connectivity index (χ0) is 15.1. The zero-order valence-electron chi connectivity index (χ0n) is 12.4. The fourth-order valence-corrected chi connectivity index (χ4v) is 2.09. The minimum atomic E-state index is -0.161. The van der Waals surface area contributed by atoms with Crippen LogP contribution in [0.4, 0.5) is 4.39 Å². The molecule has 1 aromatic heterocycles. The number of rotatable bonds is 5. The number of nitrogens with one attached hydrogen (secondary N) is 2. The molecule has 0 saturated carbocycles. The minimum Gasteiger partial charge on any atom is -0.357 e. The van der Waals surface area contributed by atoms with E-state index in [1.165, 1.54) is 11.6 Å². The standard InChI is InChI=1S/C16H21FN4/c1-18-16(20-11-13-8-10-21(2)12-13)19-9-7-14-5-3-4-6-15(14)17/h3-6,8,10,12H,7,9,11H2,1-2H3,(H2,18,19,20). The molecule has 5 heteroatoms. The summed E-state index contributed by atoms with van der Waals surface area (Å²) in [7, 11) is 3.72. The molecule has 0 radical (unpaired) electrons. The van der Waals surface area contributed by atoms with Crippen LogP contribution in [0.5, 0.6) is 0 Å². The molecule has 112 valence electrons. The van der Waals surface area contributed by atoms with Crippen molar-refractivity contribution >= 4 is 5.96 Å². The fourth-order valence-electron chi connectivity index (χ4n) is 2.09. The Bertz CT molecular complexity index is 604. The van der Waals surface area contributed by atoms with Crippen molar-refractivity contribution in [1.29, 1.82) is 0 Å². The third-order valence-corrected chi connectivity index (χ3v) is 3.22. The van der Waals surface area contributed by atoms with Gasteiger partial charge in [-0.1, -0.05) is 18.2 Å². The summed E-state index contributed by atoms with van der Waals surface area (Å²) < 4.78 is 15.5. The molecule has 4 nitrogen and oxygen atoms in total. The first-order valence-corrected chi connectivity index (χ1v) is 6.98. The summed E-state index contributed by atoms with van der Waals surface area (Å²) in [5.41, 5.74) is 1.90. The van der Waals surface area contributed by atoms with Crippen molar-refractivity contribution in [2.75, 3.05) is 13.6 Å². The van der Waals surface area contributed by atoms with Gasteiger partial charge in [-0.15, -0.1) is 0 Å². The van der Waals surface area contributed by atoms with Crippen LogP contribution in [0.1, 0.15) is 11.1 Å². The average Bonchev–Trinajstić information content (AvgIpc) is 2.90. The topological polar surface area (TPSA) is 41.4 Å². The number of aliphatic imine (C=N–C) groups is 1. The summed E-state index contributed by atoms with van der Waals surface area (Å²) >= 11 is 0. The van der Waals surface area contributed by atoms with E-state index < -0.39 is 0 Å². The smallest absolute Gasteiger partial charge is 0.191 e. The highest BCUT2D eigenvalue weighted by atomic mass is 19.1. The highest BCUT2D eigenvalue weighted by molar-refractivity contribution is 5.79. The maximum atomic E-state index is 13.5. The Morgan fingerprint density at radius 1 is 1.24 bits per heavy atom. The highest BCUT2D eigenvalue weighted by Crippen LogP contribution is 2.06. The van der Waals surface area contributed by atoms with Crippen LogP contribution in [0, 0.1) is 5.82 Å². The zero-order valence-corrected chi connectivity index (χ0v) is 12.4. The molecule has 0 spiro atoms. The first-order chi connectivity index (χ1) is 10.2. The van der Waals surface area contributed by atoms with Gasteiger partial charge in [-0.05, 0) is 29.7 Å². The van der Waals surface area contributed by atoms with Gasteiger partial charge in [0, 0.05) is 39.6 Å². The van der Waals surface area contributed by atoms with Gasteiger partial charge in [-0.25, -0.2) is 4.39 Å². The Hall–Kier alpha value is -2.30. The predicted octanol–water partition coefficient (Wildman–Crippen LogP) is 2.07. The number of aromatic nitrogens is 1. The van der Waals surface area contributed by atoms with Crippen LogP contribution in [0.25, 0.3) is 0 Å². The molecule has 1 aromatic carbocycles. The summed E-state index contributed by atoms with van der Waals surface area (Å²) in [5, 5.41) is 6.42. The molecule has 1 heterocycles. The number of aryl methyl sites for hydroxylation is 1. The largest absolute Gasteiger partial charge is 0.357 e. The third kappa shape index (κ3) is 4.63. The normalized spacial score (nSPS) is 11.5. The Morgan fingerprint density at radius 2 is 2.05 bits per heavy atom. The van der Waals surface area contributed by atoms with Crippen molar-refractivity contribution in [3.8, 4) is 0 Å². The van der Waals surface area contributed by atoms with Crippen molar-refractivity contribution in [2.45, 2.75) is 13.0 Å². The summed E-state index contributed by atoms with van der Waals surface area (Å²) in [6.45, 7) is 1.34. The molecule has 0 saturated heterocycles. The van der Waals surface area contributed by atoms with Crippen LogP contribution >= 0.6 is 0 Å². The molecule has 21 heavy (non-hydrogen) atoms. The molecule has 0 amide bonds. The van der Waals surface area contributed by atoms with Crippen LogP contribution in [0.15, 0.2) is 47.7 Å². The lowest BCUT2D eigenvalue weighted by atomic mass is 10.1. The molecule has 0 aliphatic heterocycles. The second-order valence-electron chi connectivity index (χ2n) is 4.88. The molecule has 0 bridgehead atoms. The number of benzene rings is 1. The molecule has 2 N–H and O–H groups in total. The molecule has 0 aliphatic rings. The average molecular weight is 288 g/mol. The Labute approximate surface area is 124 Å². The molecular formula is C16H21FN4. The Kier molecular flexibility index (Phi) is 5.37. The van der Waals surface area contributed by atoms with Crippen molar-refractivity contribution in [3.05, 3.63) is 59.7 Å². The summed E-state index contributed by atoms with van der Waals surface area (Å²) in [6, 6.07) is 8.89. The van der Waals surface area contributed by atoms with Crippen LogP contribution in [-0.2, 0) is 20.0 Å². The van der Waals surface area contributed by atoms with Gasteiger partial charge in [0.05, 0.1) is 0 Å². The van der Waals surface area contributed by atoms with Crippen molar-refractivity contribution < 1.29 is 4.39 Å². The fraction of sp³-hybridized carbons (Fsp3) is 0.312. The second kappa shape index (κ2) is 7.47. The SMILES string of the molecule is CN=C(NCCc1ccccc1F)NCc1ccn(C)c1. The summed E-state index contributed by atoms with van der Waals surface area (Å²) in [5.74, 6) is 0.557. The number of guanidine groups is 1. The van der Waals surface area contributed by atoms with E-state index in [0.29, 0.717) is 25.1 Å². The Balaban J connectivity index is 1.77. The Morgan fingerprint density at radius 3 is 2.71 bits per heavy atom. The van der Waals surface area contributed by atoms with E-state index in [-0.39, 0.29) is 5.82 Å². The number of hydrogen-bond donors (Lipinski definition) is 2. The van der Waals surface area contributed by atoms with E-state index in [2.05, 4.69) is 27.9 Å². The van der Waals surface area contributed by atoms with Gasteiger partial charge in [-0.2, -0.15) is 0 Å². The lowest BCUT2D eigenvalue weighted by Gasteiger charge is -2.11. The molecule has 0 unspecified atom stereocenters. The van der Waals surface area contributed by atoms with E-state index in [4.69, 9.17) is 0 Å². The van der Waals surface area contributed by atoms with Gasteiger partial charge in [0.1, 0.15) is 5.82 Å². The van der Waals surface area contributed by atoms with Gasteiger partial charge in [0.2, 0.25) is 0 Å². The van der Waals surface area contributed by atoms with Crippen molar-refractivity contribution in [3.63, 3.8) is 0 Å². The van der Waals surface area contributed by atoms with Crippen molar-refractivity contribution in [1.82, 2.24) is 15.2 Å². The molecule has 0 atom stereocenters. The summed E-state index contributed by atoms with van der Waals surface area (Å²) in [4.78, 5) is 4.16. The third-order valence-electron chi connectivity index (χ3n) is 3.22. The van der Waals surface area contributed by atoms with Crippen LogP contribution in [-0.4, -0.2) is 24.1 Å². The molecular weight excluding hydrogens is 267 g/mol. The van der Waals surface area contributed by atoms with E-state index in [9.17, 15) is 4.39 Å². The lowest BCUT2D eigenvalue weighted by molar-refractivity contribution is 0.606. The van der Waals surface area contributed by atoms with Gasteiger partial charge >= 0.3 is 0 Å². The van der Waals surface area contributed by atoms with Gasteiger partial charge in [0.25, 0.3) is 0 Å². The number of nitrogens with zero attached hydrogens (tertiary/aromatic N) is 2. The van der Waals surface area contributed by atoms with E-state index in [1.807, 2.05) is 23.9 Å². The predicted molar refractivity (Wildman–Crippen MR) is 83.7 cm³/mol. The highest BCUT2D eigenvalue weighted by Gasteiger charge is 2.02. The lowest BCUT2D eigenvalue weighted by Crippen LogP contribution is -2.37. The maximum Gasteiger partial charge on any atom is 0.191 e. The molecule has 0 aliphatic carbocycles.